The molecule has 1 N–H and O–H groups in total. The molecule has 0 fully saturated rings. The van der Waals surface area contributed by atoms with Crippen LogP contribution in [-0.2, 0) is 4.74 Å². The Balaban J connectivity index is 1.67. The molecule has 0 bridgehead atoms. The molecule has 3 aromatic rings. The summed E-state index contributed by atoms with van der Waals surface area (Å²) in [5, 5.41) is 3.34. The van der Waals surface area contributed by atoms with Gasteiger partial charge in [-0.2, -0.15) is 0 Å². The Bertz CT molecular complexity index is 956. The van der Waals surface area contributed by atoms with E-state index in [1.54, 1.807) is 54.6 Å². The highest BCUT2D eigenvalue weighted by Gasteiger charge is 2.11. The van der Waals surface area contributed by atoms with Gasteiger partial charge in [0.15, 0.2) is 0 Å². The zero-order chi connectivity index (χ0) is 19.2. The highest BCUT2D eigenvalue weighted by atomic mass is 35.5. The van der Waals surface area contributed by atoms with Crippen molar-refractivity contribution in [1.82, 2.24) is 4.98 Å². The van der Waals surface area contributed by atoms with Crippen LogP contribution in [0.2, 0.25) is 5.02 Å². The van der Waals surface area contributed by atoms with Crippen molar-refractivity contribution in [1.29, 1.82) is 0 Å². The van der Waals surface area contributed by atoms with Crippen molar-refractivity contribution in [2.75, 3.05) is 12.4 Å². The number of ether oxygens (including phenoxy) is 2. The van der Waals surface area contributed by atoms with Crippen molar-refractivity contribution in [3.63, 3.8) is 0 Å². The van der Waals surface area contributed by atoms with E-state index in [-0.39, 0.29) is 11.6 Å². The number of rotatable bonds is 5. The number of nitrogens with zero attached hydrogens (tertiary/aromatic N) is 1. The molecule has 0 unspecified atom stereocenters. The van der Waals surface area contributed by atoms with Gasteiger partial charge in [-0.15, -0.1) is 0 Å². The largest absolute Gasteiger partial charge is 0.464 e. The van der Waals surface area contributed by atoms with Gasteiger partial charge in [-0.25, -0.2) is 9.78 Å². The Morgan fingerprint density at radius 3 is 2.22 bits per heavy atom. The summed E-state index contributed by atoms with van der Waals surface area (Å²) in [4.78, 5) is 27.8. The minimum atomic E-state index is -0.574. The molecule has 0 aliphatic rings. The van der Waals surface area contributed by atoms with E-state index in [4.69, 9.17) is 16.3 Å². The maximum absolute atomic E-state index is 12.4. The number of hydrogen-bond donors (Lipinski definition) is 1. The van der Waals surface area contributed by atoms with Crippen LogP contribution in [0.3, 0.4) is 0 Å². The third-order valence-corrected chi connectivity index (χ3v) is 3.83. The van der Waals surface area contributed by atoms with E-state index in [1.807, 2.05) is 0 Å². The van der Waals surface area contributed by atoms with Crippen molar-refractivity contribution in [3.8, 4) is 11.5 Å². The molecule has 6 nitrogen and oxygen atoms in total. The molecule has 0 saturated heterocycles. The molecule has 0 radical (unpaired) electrons. The monoisotopic (exact) mass is 382 g/mol. The summed E-state index contributed by atoms with van der Waals surface area (Å²) in [5.41, 5.74) is 0.994. The van der Waals surface area contributed by atoms with Crippen molar-refractivity contribution in [3.05, 3.63) is 83.1 Å². The fourth-order valence-corrected chi connectivity index (χ4v) is 2.37. The van der Waals surface area contributed by atoms with Crippen LogP contribution in [0.1, 0.15) is 20.8 Å². The van der Waals surface area contributed by atoms with Crippen LogP contribution in [-0.4, -0.2) is 24.0 Å². The van der Waals surface area contributed by atoms with Crippen LogP contribution in [0.15, 0.2) is 66.9 Å². The zero-order valence-corrected chi connectivity index (χ0v) is 15.1. The van der Waals surface area contributed by atoms with E-state index >= 15 is 0 Å². The summed E-state index contributed by atoms with van der Waals surface area (Å²) in [6.45, 7) is 0. The summed E-state index contributed by atoms with van der Waals surface area (Å²) in [6, 6.07) is 16.7. The Hall–Kier alpha value is -3.38. The molecule has 27 heavy (non-hydrogen) atoms. The smallest absolute Gasteiger partial charge is 0.356 e. The number of amides is 1. The lowest BCUT2D eigenvalue weighted by atomic mass is 10.2. The molecule has 3 rings (SSSR count). The number of pyridine rings is 1. The molecule has 7 heteroatoms. The number of benzene rings is 2. The van der Waals surface area contributed by atoms with E-state index in [1.165, 1.54) is 19.4 Å². The molecule has 1 amide bonds. The Morgan fingerprint density at radius 2 is 1.59 bits per heavy atom. The molecule has 2 aromatic carbocycles. The molecule has 0 spiro atoms. The lowest BCUT2D eigenvalue weighted by Gasteiger charge is -2.08. The molecule has 136 valence electrons. The molecule has 1 heterocycles. The highest BCUT2D eigenvalue weighted by molar-refractivity contribution is 6.30. The second kappa shape index (κ2) is 8.33. The van der Waals surface area contributed by atoms with Gasteiger partial charge < -0.3 is 14.8 Å². The lowest BCUT2D eigenvalue weighted by Crippen LogP contribution is -2.13. The second-order valence-electron chi connectivity index (χ2n) is 5.46. The van der Waals surface area contributed by atoms with Crippen molar-refractivity contribution in [2.24, 2.45) is 0 Å². The van der Waals surface area contributed by atoms with Gasteiger partial charge >= 0.3 is 5.97 Å². The quantitative estimate of drug-likeness (QED) is 0.654. The Labute approximate surface area is 160 Å². The van der Waals surface area contributed by atoms with Gasteiger partial charge in [-0.1, -0.05) is 11.6 Å². The molecule has 0 atom stereocenters. The van der Waals surface area contributed by atoms with Crippen molar-refractivity contribution in [2.45, 2.75) is 0 Å². The van der Waals surface area contributed by atoms with E-state index in [0.29, 0.717) is 27.8 Å². The second-order valence-corrected chi connectivity index (χ2v) is 5.89. The van der Waals surface area contributed by atoms with Gasteiger partial charge in [0.1, 0.15) is 17.2 Å². The SMILES string of the molecule is COC(=O)c1cc(NC(=O)c2ccc(Oc3ccc(Cl)cc3)cc2)ccn1. The number of carbonyl (C=O) groups excluding carboxylic acids is 2. The normalized spacial score (nSPS) is 10.1. The maximum atomic E-state index is 12.4. The van der Waals surface area contributed by atoms with Crippen LogP contribution in [0.25, 0.3) is 0 Å². The molecule has 0 saturated carbocycles. The first-order valence-corrected chi connectivity index (χ1v) is 8.32. The third-order valence-electron chi connectivity index (χ3n) is 3.58. The summed E-state index contributed by atoms with van der Waals surface area (Å²) < 4.78 is 10.3. The minimum Gasteiger partial charge on any atom is -0.464 e. The number of nitrogens with one attached hydrogen (secondary N) is 1. The van der Waals surface area contributed by atoms with Gasteiger partial charge in [-0.3, -0.25) is 4.79 Å². The van der Waals surface area contributed by atoms with Gasteiger partial charge in [0, 0.05) is 22.5 Å². The summed E-state index contributed by atoms with van der Waals surface area (Å²) in [7, 11) is 1.27. The number of aromatic nitrogens is 1. The Kier molecular flexibility index (Phi) is 5.68. The fourth-order valence-electron chi connectivity index (χ4n) is 2.24. The van der Waals surface area contributed by atoms with E-state index in [2.05, 4.69) is 15.0 Å². The number of hydrogen-bond acceptors (Lipinski definition) is 5. The van der Waals surface area contributed by atoms with Crippen LogP contribution >= 0.6 is 11.6 Å². The zero-order valence-electron chi connectivity index (χ0n) is 14.3. The van der Waals surface area contributed by atoms with E-state index in [9.17, 15) is 9.59 Å². The number of esters is 1. The standard InChI is InChI=1S/C20H15ClN2O4/c1-26-20(25)18-12-15(10-11-22-18)23-19(24)13-2-6-16(7-3-13)27-17-8-4-14(21)5-9-17/h2-12H,1H3,(H,22,23,24). The molecular weight excluding hydrogens is 368 g/mol. The first-order valence-electron chi connectivity index (χ1n) is 7.94. The topological polar surface area (TPSA) is 77.5 Å². The molecule has 1 aromatic heterocycles. The van der Waals surface area contributed by atoms with Crippen LogP contribution in [0.5, 0.6) is 11.5 Å². The maximum Gasteiger partial charge on any atom is 0.356 e. The summed E-state index contributed by atoms with van der Waals surface area (Å²) in [6.07, 6.45) is 1.42. The average molecular weight is 383 g/mol. The van der Waals surface area contributed by atoms with E-state index in [0.717, 1.165) is 0 Å². The number of carbonyl (C=O) groups is 2. The van der Waals surface area contributed by atoms with Crippen LogP contribution in [0, 0.1) is 0 Å². The molecular formula is C20H15ClN2O4. The third kappa shape index (κ3) is 4.83. The minimum absolute atomic E-state index is 0.113. The van der Waals surface area contributed by atoms with Gasteiger partial charge in [0.25, 0.3) is 5.91 Å². The highest BCUT2D eigenvalue weighted by Crippen LogP contribution is 2.23. The average Bonchev–Trinajstić information content (AvgIpc) is 2.70. The van der Waals surface area contributed by atoms with Crippen molar-refractivity contribution >= 4 is 29.2 Å². The lowest BCUT2D eigenvalue weighted by molar-refractivity contribution is 0.0594. The molecule has 0 aliphatic heterocycles. The number of methoxy groups -OCH3 is 1. The summed E-state index contributed by atoms with van der Waals surface area (Å²) >= 11 is 5.84. The Morgan fingerprint density at radius 1 is 0.963 bits per heavy atom. The van der Waals surface area contributed by atoms with Crippen LogP contribution < -0.4 is 10.1 Å². The molecule has 0 aliphatic carbocycles. The number of anilines is 1. The predicted octanol–water partition coefficient (Wildman–Crippen LogP) is 4.57. The van der Waals surface area contributed by atoms with Crippen molar-refractivity contribution < 1.29 is 19.1 Å². The first kappa shape index (κ1) is 18.4. The van der Waals surface area contributed by atoms with Gasteiger partial charge in [-0.05, 0) is 60.7 Å². The van der Waals surface area contributed by atoms with Gasteiger partial charge in [0.2, 0.25) is 0 Å². The fraction of sp³-hybridized carbons (Fsp3) is 0.0500. The summed E-state index contributed by atoms with van der Waals surface area (Å²) in [5.74, 6) is 0.333. The van der Waals surface area contributed by atoms with E-state index < -0.39 is 5.97 Å². The number of halogens is 1. The van der Waals surface area contributed by atoms with Crippen LogP contribution in [0.4, 0.5) is 5.69 Å². The first-order chi connectivity index (χ1) is 13.0. The predicted molar refractivity (Wildman–Crippen MR) is 101 cm³/mol. The van der Waals surface area contributed by atoms with Gasteiger partial charge in [0.05, 0.1) is 7.11 Å².